The number of hydrogen-bond donors (Lipinski definition) is 19. The number of phosphoric acid groups is 6. The molecule has 6 rings (SSSR count). The zero-order chi connectivity index (χ0) is 81.0. The average Bonchev–Trinajstić information content (AvgIpc) is 1.62. The first kappa shape index (κ1) is 93.7. The topological polar surface area (TPSA) is 713 Å². The van der Waals surface area contributed by atoms with Crippen molar-refractivity contribution < 1.29 is 161 Å². The van der Waals surface area contributed by atoms with Gasteiger partial charge in [0, 0.05) is 74.2 Å². The van der Waals surface area contributed by atoms with Gasteiger partial charge in [-0.25, -0.2) is 57.3 Å². The second-order valence-corrected chi connectivity index (χ2v) is 34.9. The number of aliphatic hydroxyl groups is 4. The quantitative estimate of drug-likeness (QED) is 0.0154. The van der Waals surface area contributed by atoms with Crippen molar-refractivity contribution in [2.24, 2.45) is 10.8 Å². The lowest BCUT2D eigenvalue weighted by molar-refractivity contribution is -0.137. The van der Waals surface area contributed by atoms with E-state index in [4.69, 9.17) is 33.3 Å². The molecule has 0 aliphatic carbocycles. The van der Waals surface area contributed by atoms with Crippen LogP contribution in [0.15, 0.2) is 25.3 Å². The first-order chi connectivity index (χ1) is 50.1. The van der Waals surface area contributed by atoms with Crippen LogP contribution in [-0.2, 0) is 101 Å². The molecule has 5 amide bonds. The minimum Gasteiger partial charge on any atom is -0.386 e. The number of nitrogens with one attached hydrogen (secondary N) is 5. The molecule has 2 saturated heterocycles. The summed E-state index contributed by atoms with van der Waals surface area (Å²) >= 11 is 5.07. The number of hydrogen-bond acceptors (Lipinski definition) is 35. The molecule has 4 aromatic rings. The summed E-state index contributed by atoms with van der Waals surface area (Å²) < 4.78 is 124. The third-order valence-corrected chi connectivity index (χ3v) is 22.4. The number of carbonyl (C=O) groups excluding carboxylic acids is 6. The van der Waals surface area contributed by atoms with Crippen LogP contribution in [0.25, 0.3) is 22.3 Å². The van der Waals surface area contributed by atoms with Gasteiger partial charge < -0.3 is 101 Å². The summed E-state index contributed by atoms with van der Waals surface area (Å²) in [7, 11) is -32.8. The van der Waals surface area contributed by atoms with Crippen LogP contribution in [0.5, 0.6) is 0 Å². The van der Waals surface area contributed by atoms with Gasteiger partial charge in [-0.05, 0) is 12.8 Å². The van der Waals surface area contributed by atoms with Crippen molar-refractivity contribution in [3.8, 4) is 0 Å². The third kappa shape index (κ3) is 29.9. The van der Waals surface area contributed by atoms with E-state index in [1.165, 1.54) is 27.7 Å². The Balaban J connectivity index is 0.000000387. The number of rotatable bonds is 44. The van der Waals surface area contributed by atoms with E-state index in [1.54, 1.807) is 0 Å². The van der Waals surface area contributed by atoms with E-state index in [0.29, 0.717) is 30.9 Å². The van der Waals surface area contributed by atoms with E-state index < -0.39 is 163 Å². The maximum atomic E-state index is 12.7. The molecular weight excluding hydrogens is 1610 g/mol. The highest BCUT2D eigenvalue weighted by molar-refractivity contribution is 8.13. The molecule has 0 aromatic carbocycles. The van der Waals surface area contributed by atoms with Crippen LogP contribution < -0.4 is 32.3 Å². The number of phosphoric ester groups is 6. The molecule has 0 radical (unpaired) electrons. The van der Waals surface area contributed by atoms with Crippen LogP contribution in [-0.4, -0.2) is 246 Å². The maximum Gasteiger partial charge on any atom is 0.481 e. The van der Waals surface area contributed by atoms with Crippen molar-refractivity contribution in [3.05, 3.63) is 25.3 Å². The van der Waals surface area contributed by atoms with Crippen LogP contribution in [0.2, 0.25) is 0 Å². The molecule has 14 atom stereocenters. The molecule has 56 heteroatoms. The average molecular weight is 1700 g/mol. The fraction of sp³-hybridized carbons (Fsp3) is 0.692. The molecule has 0 spiro atoms. The van der Waals surface area contributed by atoms with E-state index in [9.17, 15) is 116 Å². The second-order valence-electron chi connectivity index (χ2n) is 24.8. The number of ether oxygens (including phenoxy) is 2. The Morgan fingerprint density at radius 2 is 0.991 bits per heavy atom. The summed E-state index contributed by atoms with van der Waals surface area (Å²) in [5.74, 6) is -2.31. The Kier molecular flexibility index (Phi) is 35.8. The first-order valence-corrected chi connectivity index (χ1v) is 42.9. The van der Waals surface area contributed by atoms with Gasteiger partial charge in [0.25, 0.3) is 0 Å². The molecule has 0 bridgehead atoms. The molecule has 2 aliphatic heterocycles. The van der Waals surface area contributed by atoms with Crippen LogP contribution in [0.3, 0.4) is 0 Å². The van der Waals surface area contributed by atoms with E-state index in [0.717, 1.165) is 65.5 Å². The van der Waals surface area contributed by atoms with Gasteiger partial charge in [0.1, 0.15) is 67.0 Å². The van der Waals surface area contributed by atoms with Gasteiger partial charge in [-0.1, -0.05) is 66.1 Å². The smallest absolute Gasteiger partial charge is 0.386 e. The lowest BCUT2D eigenvalue weighted by atomic mass is 9.87. The number of thiol groups is 1. The predicted molar refractivity (Wildman–Crippen MR) is 374 cm³/mol. The number of imidazole rings is 2. The van der Waals surface area contributed by atoms with Crippen molar-refractivity contribution in [3.63, 3.8) is 0 Å². The molecule has 108 heavy (non-hydrogen) atoms. The Labute approximate surface area is 624 Å². The lowest BCUT2D eigenvalue weighted by Crippen LogP contribution is -2.46. The molecule has 2 fully saturated rings. The number of fused-ring (bicyclic) bond motifs is 2. The number of carbonyl (C=O) groups is 6. The van der Waals surface area contributed by atoms with E-state index >= 15 is 0 Å². The van der Waals surface area contributed by atoms with Crippen molar-refractivity contribution in [2.45, 2.75) is 154 Å². The molecule has 48 nitrogen and oxygen atoms in total. The Morgan fingerprint density at radius 3 is 1.44 bits per heavy atom. The zero-order valence-electron chi connectivity index (χ0n) is 58.4. The molecule has 4 unspecified atom stereocenters. The number of thioether (sulfide) groups is 1. The van der Waals surface area contributed by atoms with Crippen molar-refractivity contribution in [1.29, 1.82) is 0 Å². The molecule has 2 aliphatic rings. The highest BCUT2D eigenvalue weighted by Gasteiger charge is 2.53. The molecule has 6 heterocycles. The number of nitrogens with zero attached hydrogens (tertiary/aromatic N) is 8. The normalized spacial score (nSPS) is 22.0. The van der Waals surface area contributed by atoms with E-state index in [2.05, 4.69) is 86.8 Å². The van der Waals surface area contributed by atoms with Gasteiger partial charge in [-0.15, -0.1) is 0 Å². The number of nitrogen functional groups attached to an aromatic ring is 1. The predicted octanol–water partition coefficient (Wildman–Crippen LogP) is -0.264. The Hall–Kier alpha value is -4.88. The summed E-state index contributed by atoms with van der Waals surface area (Å²) in [5.41, 5.74) is 2.71. The lowest BCUT2D eigenvalue weighted by Gasteiger charge is -2.30. The fourth-order valence-corrected chi connectivity index (χ4v) is 15.9. The second kappa shape index (κ2) is 41.2. The third-order valence-electron chi connectivity index (χ3n) is 15.0. The van der Waals surface area contributed by atoms with Crippen LogP contribution in [0, 0.1) is 10.8 Å². The molecule has 19 N–H and O–H groups in total. The summed E-state index contributed by atoms with van der Waals surface area (Å²) in [6.07, 6.45) is -10.1. The standard InChI is InChI=1S/2C26H44N7O17P3S/c1-4-5-6-17(35)54-10-9-28-16(34)7-8-29-24(38)21(37)26(2,3)12-47-53(44,45)50-52(42,43)46-11-15-20(49-51(39,40)41)19(36)25(48-15)33-14-32-18-22(27)30-13-31-23(18)33;1-4-5-6-17(35)32-22-18-23(30-13-29-22)33(14-31-18)25-19(36)20(49-51(39,40)41)15(48-25)11-46-52(42,43)50-53(44,45)47-12-26(2,3)21(37)24(38)28-8-7-16(34)27-9-10-54/h13-15,19-21,25,36-37H,4-12H2,1-3H3,(H,28,34)(H,29,38)(H,42,43)(H,44,45)(H2,27,30,31)(H2,39,40,41);13-15,19-21,25,36-37,54H,4-12H2,1-3H3,(H,27,34)(H,28,38)(H,42,43)(H,44,45)(H2,39,40,41)(H,29,30,32,35)/t2*15-,19-,20-,21+,25-/m11/s1. The van der Waals surface area contributed by atoms with E-state index in [-0.39, 0.29) is 89.8 Å². The van der Waals surface area contributed by atoms with Crippen LogP contribution in [0.4, 0.5) is 11.6 Å². The number of aromatic nitrogens is 8. The Morgan fingerprint density at radius 1 is 0.574 bits per heavy atom. The van der Waals surface area contributed by atoms with Gasteiger partial charge in [0.05, 0.1) is 39.1 Å². The van der Waals surface area contributed by atoms with E-state index in [1.807, 2.05) is 13.8 Å². The van der Waals surface area contributed by atoms with Gasteiger partial charge in [-0.3, -0.25) is 65.0 Å². The fourth-order valence-electron chi connectivity index (χ4n) is 9.43. The van der Waals surface area contributed by atoms with Crippen molar-refractivity contribution in [1.82, 2.24) is 60.3 Å². The Bertz CT molecular complexity index is 4030. The first-order valence-electron chi connectivity index (χ1n) is 32.2. The summed E-state index contributed by atoms with van der Waals surface area (Å²) in [5, 5.41) is 55.3. The summed E-state index contributed by atoms with van der Waals surface area (Å²) in [4.78, 5) is 175. The summed E-state index contributed by atoms with van der Waals surface area (Å²) in [6, 6.07) is 0. The van der Waals surface area contributed by atoms with Crippen LogP contribution in [0.1, 0.15) is 105 Å². The minimum absolute atomic E-state index is 0.0105. The number of amides is 5. The van der Waals surface area contributed by atoms with Gasteiger partial charge in [-0.2, -0.15) is 21.3 Å². The minimum atomic E-state index is -5.58. The SMILES string of the molecule is CCCCC(=O)Nc1ncnc2c1ncn2[C@@H]1O[C@H](COP(=O)(O)OP(=O)(O)OCC(C)(C)[C@@H](O)C(=O)NCCC(=O)NCCS)[C@@H](OP(=O)(O)O)[C@H]1O.CCCCC(=O)SCCNC(=O)CCNC(=O)[C@H](O)C(C)(C)COP(=O)(O)OP(=O)(O)OC[C@H]1O[C@@H](n2cnc3c(N)ncnc32)[C@H](O)[C@@H]1OP(=O)(O)O. The van der Waals surface area contributed by atoms with Crippen LogP contribution >= 0.6 is 71.3 Å². The summed E-state index contributed by atoms with van der Waals surface area (Å²) in [6.45, 7) is 5.08. The monoisotopic (exact) mass is 1700 g/mol. The largest absolute Gasteiger partial charge is 0.481 e. The highest BCUT2D eigenvalue weighted by Crippen LogP contribution is 2.63. The zero-order valence-corrected chi connectivity index (χ0v) is 65.4. The van der Waals surface area contributed by atoms with Gasteiger partial charge >= 0.3 is 46.9 Å². The molecule has 4 aromatic heterocycles. The number of nitrogens with two attached hydrogens (primary N) is 1. The van der Waals surface area contributed by atoms with Crippen molar-refractivity contribution >= 4 is 140 Å². The highest BCUT2D eigenvalue weighted by atomic mass is 32.2. The van der Waals surface area contributed by atoms with Crippen molar-refractivity contribution in [2.75, 3.05) is 75.2 Å². The maximum absolute atomic E-state index is 12.7. The molecule has 612 valence electrons. The molecular formula is C52H88N14O34P6S2. The number of aliphatic hydroxyl groups excluding tert-OH is 4. The van der Waals surface area contributed by atoms with Gasteiger partial charge in [0.15, 0.2) is 46.0 Å². The number of unbranched alkanes of at least 4 members (excludes halogenated alkanes) is 2. The van der Waals surface area contributed by atoms with Gasteiger partial charge in [0.2, 0.25) is 29.5 Å². The molecule has 0 saturated carbocycles. The number of anilines is 2.